The summed E-state index contributed by atoms with van der Waals surface area (Å²) in [7, 11) is 0. The number of nitrogens with zero attached hydrogens (tertiary/aromatic N) is 2. The number of benzene rings is 3. The van der Waals surface area contributed by atoms with Crippen LogP contribution in [-0.2, 0) is 6.54 Å². The molecule has 2 aliphatic rings. The van der Waals surface area contributed by atoms with E-state index in [0.29, 0.717) is 19.9 Å². The molecule has 6 nitrogen and oxygen atoms in total. The van der Waals surface area contributed by atoms with Crippen LogP contribution in [-0.4, -0.2) is 67.1 Å². The Hall–Kier alpha value is -3.06. The molecule has 0 radical (unpaired) electrons. The standard InChI is InChI=1S/C27H30N2O4/c30-24(19-31-25-9-7-23(8-10-25)22-4-2-1-3-5-22)18-29-14-12-28(13-15-29)17-21-6-11-26-27(16-21)33-20-32-26/h1-11,16,24,30H,12-15,17-20H2. The van der Waals surface area contributed by atoms with E-state index in [0.717, 1.165) is 55.5 Å². The molecule has 6 heteroatoms. The van der Waals surface area contributed by atoms with E-state index in [1.807, 2.05) is 36.4 Å². The topological polar surface area (TPSA) is 54.4 Å². The predicted molar refractivity (Wildman–Crippen MR) is 128 cm³/mol. The van der Waals surface area contributed by atoms with Crippen LogP contribution in [0.15, 0.2) is 72.8 Å². The lowest BCUT2D eigenvalue weighted by Gasteiger charge is -2.35. The van der Waals surface area contributed by atoms with E-state index in [4.69, 9.17) is 14.2 Å². The number of aliphatic hydroxyl groups excluding tert-OH is 1. The zero-order chi connectivity index (χ0) is 22.5. The van der Waals surface area contributed by atoms with Gasteiger partial charge in [0.05, 0.1) is 0 Å². The lowest BCUT2D eigenvalue weighted by molar-refractivity contribution is 0.0446. The molecule has 1 saturated heterocycles. The minimum absolute atomic E-state index is 0.294. The summed E-state index contributed by atoms with van der Waals surface area (Å²) in [6, 6.07) is 24.5. The van der Waals surface area contributed by atoms with Crippen molar-refractivity contribution in [1.29, 1.82) is 0 Å². The summed E-state index contributed by atoms with van der Waals surface area (Å²) in [6.45, 7) is 5.95. The summed E-state index contributed by atoms with van der Waals surface area (Å²) in [5.41, 5.74) is 3.57. The third kappa shape index (κ3) is 5.66. The van der Waals surface area contributed by atoms with Crippen LogP contribution in [0.3, 0.4) is 0 Å². The van der Waals surface area contributed by atoms with Crippen molar-refractivity contribution in [2.24, 2.45) is 0 Å². The normalized spacial score (nSPS) is 17.1. The molecular weight excluding hydrogens is 416 g/mol. The zero-order valence-electron chi connectivity index (χ0n) is 18.7. The third-order valence-electron chi connectivity index (χ3n) is 6.18. The average molecular weight is 447 g/mol. The quantitative estimate of drug-likeness (QED) is 0.570. The van der Waals surface area contributed by atoms with Gasteiger partial charge in [-0.25, -0.2) is 0 Å². The highest BCUT2D eigenvalue weighted by molar-refractivity contribution is 5.63. The fraction of sp³-hybridized carbons (Fsp3) is 0.333. The summed E-state index contributed by atoms with van der Waals surface area (Å²) >= 11 is 0. The van der Waals surface area contributed by atoms with Crippen molar-refractivity contribution >= 4 is 0 Å². The molecule has 0 aromatic heterocycles. The third-order valence-corrected chi connectivity index (χ3v) is 6.18. The van der Waals surface area contributed by atoms with Crippen LogP contribution in [0, 0.1) is 0 Å². The van der Waals surface area contributed by atoms with Crippen molar-refractivity contribution in [3.8, 4) is 28.4 Å². The summed E-state index contributed by atoms with van der Waals surface area (Å²) < 4.78 is 16.7. The van der Waals surface area contributed by atoms with Gasteiger partial charge in [-0.2, -0.15) is 0 Å². The van der Waals surface area contributed by atoms with Crippen molar-refractivity contribution < 1.29 is 19.3 Å². The minimum Gasteiger partial charge on any atom is -0.491 e. The SMILES string of the molecule is OC(COc1ccc(-c2ccccc2)cc1)CN1CCN(Cc2ccc3c(c2)OCO3)CC1. The van der Waals surface area contributed by atoms with Gasteiger partial charge in [0.15, 0.2) is 11.5 Å². The van der Waals surface area contributed by atoms with E-state index in [1.165, 1.54) is 11.1 Å². The smallest absolute Gasteiger partial charge is 0.231 e. The Labute approximate surface area is 194 Å². The van der Waals surface area contributed by atoms with Crippen LogP contribution < -0.4 is 14.2 Å². The Balaban J connectivity index is 1.03. The van der Waals surface area contributed by atoms with Gasteiger partial charge in [0.25, 0.3) is 0 Å². The van der Waals surface area contributed by atoms with E-state index < -0.39 is 6.10 Å². The lowest BCUT2D eigenvalue weighted by Crippen LogP contribution is -2.48. The van der Waals surface area contributed by atoms with Crippen molar-refractivity contribution in [2.75, 3.05) is 46.1 Å². The maximum Gasteiger partial charge on any atom is 0.231 e. The molecule has 1 unspecified atom stereocenters. The molecule has 1 N–H and O–H groups in total. The number of rotatable bonds is 8. The van der Waals surface area contributed by atoms with Gasteiger partial charge in [0, 0.05) is 39.3 Å². The maximum absolute atomic E-state index is 10.5. The Kier molecular flexibility index (Phi) is 6.76. The van der Waals surface area contributed by atoms with Gasteiger partial charge in [-0.05, 0) is 41.0 Å². The highest BCUT2D eigenvalue weighted by atomic mass is 16.7. The second kappa shape index (κ2) is 10.3. The molecule has 1 fully saturated rings. The molecule has 0 bridgehead atoms. The van der Waals surface area contributed by atoms with Crippen molar-refractivity contribution in [1.82, 2.24) is 9.80 Å². The number of hydrogen-bond acceptors (Lipinski definition) is 6. The average Bonchev–Trinajstić information content (AvgIpc) is 3.33. The highest BCUT2D eigenvalue weighted by Gasteiger charge is 2.21. The van der Waals surface area contributed by atoms with Gasteiger partial charge in [-0.15, -0.1) is 0 Å². The van der Waals surface area contributed by atoms with Gasteiger partial charge >= 0.3 is 0 Å². The van der Waals surface area contributed by atoms with Crippen molar-refractivity contribution in [2.45, 2.75) is 12.6 Å². The van der Waals surface area contributed by atoms with E-state index >= 15 is 0 Å². The van der Waals surface area contributed by atoms with Crippen LogP contribution in [0.5, 0.6) is 17.2 Å². The Morgan fingerprint density at radius 3 is 2.27 bits per heavy atom. The van der Waals surface area contributed by atoms with E-state index in [1.54, 1.807) is 0 Å². The molecular formula is C27H30N2O4. The van der Waals surface area contributed by atoms with Crippen molar-refractivity contribution in [3.63, 3.8) is 0 Å². The molecule has 33 heavy (non-hydrogen) atoms. The number of β-amino-alcohol motifs (C(OH)–C–C–N with tert-alkyl or cyclic N) is 1. The van der Waals surface area contributed by atoms with Crippen LogP contribution in [0.4, 0.5) is 0 Å². The number of aliphatic hydroxyl groups is 1. The molecule has 0 aliphatic carbocycles. The molecule has 1 atom stereocenters. The Bertz CT molecular complexity index is 1030. The van der Waals surface area contributed by atoms with E-state index in [2.05, 4.69) is 46.2 Å². The monoisotopic (exact) mass is 446 g/mol. The van der Waals surface area contributed by atoms with Gasteiger partial charge < -0.3 is 19.3 Å². The van der Waals surface area contributed by atoms with E-state index in [-0.39, 0.29) is 0 Å². The Morgan fingerprint density at radius 1 is 0.788 bits per heavy atom. The summed E-state index contributed by atoms with van der Waals surface area (Å²) in [5.74, 6) is 2.44. The Morgan fingerprint density at radius 2 is 1.48 bits per heavy atom. The molecule has 0 spiro atoms. The first-order valence-corrected chi connectivity index (χ1v) is 11.5. The second-order valence-electron chi connectivity index (χ2n) is 8.62. The van der Waals surface area contributed by atoms with E-state index in [9.17, 15) is 5.11 Å². The number of ether oxygens (including phenoxy) is 3. The fourth-order valence-corrected chi connectivity index (χ4v) is 4.34. The lowest BCUT2D eigenvalue weighted by atomic mass is 10.1. The summed E-state index contributed by atoms with van der Waals surface area (Å²) in [5, 5.41) is 10.5. The summed E-state index contributed by atoms with van der Waals surface area (Å²) in [6.07, 6.45) is -0.515. The maximum atomic E-state index is 10.5. The fourth-order valence-electron chi connectivity index (χ4n) is 4.34. The van der Waals surface area contributed by atoms with Gasteiger partial charge in [0.2, 0.25) is 6.79 Å². The van der Waals surface area contributed by atoms with Crippen molar-refractivity contribution in [3.05, 3.63) is 78.4 Å². The number of piperazine rings is 1. The predicted octanol–water partition coefficient (Wildman–Crippen LogP) is 3.64. The highest BCUT2D eigenvalue weighted by Crippen LogP contribution is 2.32. The first-order valence-electron chi connectivity index (χ1n) is 11.5. The van der Waals surface area contributed by atoms with Crippen LogP contribution in [0.25, 0.3) is 11.1 Å². The summed E-state index contributed by atoms with van der Waals surface area (Å²) in [4.78, 5) is 4.74. The van der Waals surface area contributed by atoms with Crippen LogP contribution in [0.1, 0.15) is 5.56 Å². The minimum atomic E-state index is -0.515. The van der Waals surface area contributed by atoms with Gasteiger partial charge in [-0.3, -0.25) is 9.80 Å². The molecule has 0 amide bonds. The first-order chi connectivity index (χ1) is 16.2. The molecule has 3 aromatic carbocycles. The second-order valence-corrected chi connectivity index (χ2v) is 8.62. The number of fused-ring (bicyclic) bond motifs is 1. The van der Waals surface area contributed by atoms with Gasteiger partial charge in [0.1, 0.15) is 18.5 Å². The molecule has 5 rings (SSSR count). The van der Waals surface area contributed by atoms with Crippen LogP contribution >= 0.6 is 0 Å². The molecule has 3 aromatic rings. The largest absolute Gasteiger partial charge is 0.491 e. The first kappa shape index (κ1) is 21.8. The molecule has 2 aliphatic heterocycles. The zero-order valence-corrected chi connectivity index (χ0v) is 18.7. The molecule has 172 valence electrons. The molecule has 0 saturated carbocycles. The molecule has 2 heterocycles. The number of hydrogen-bond donors (Lipinski definition) is 1. The van der Waals surface area contributed by atoms with Gasteiger partial charge in [-0.1, -0.05) is 48.5 Å². The van der Waals surface area contributed by atoms with Crippen LogP contribution in [0.2, 0.25) is 0 Å².